The second kappa shape index (κ2) is 5.30. The molecule has 92 valence electrons. The van der Waals surface area contributed by atoms with Crippen LogP contribution in [0.3, 0.4) is 0 Å². The SMILES string of the molecule is CCC(C)(C)NC(=O)CN1CCNC(=O)C1. The topological polar surface area (TPSA) is 61.4 Å². The Morgan fingerprint density at radius 2 is 2.25 bits per heavy atom. The maximum Gasteiger partial charge on any atom is 0.234 e. The Kier molecular flexibility index (Phi) is 4.29. The largest absolute Gasteiger partial charge is 0.354 e. The van der Waals surface area contributed by atoms with Crippen molar-refractivity contribution in [1.29, 1.82) is 0 Å². The van der Waals surface area contributed by atoms with Crippen LogP contribution in [0.15, 0.2) is 0 Å². The number of carbonyl (C=O) groups is 2. The van der Waals surface area contributed by atoms with E-state index in [0.29, 0.717) is 19.6 Å². The lowest BCUT2D eigenvalue weighted by Gasteiger charge is -2.29. The van der Waals surface area contributed by atoms with E-state index in [0.717, 1.165) is 13.0 Å². The van der Waals surface area contributed by atoms with Crippen molar-refractivity contribution in [2.24, 2.45) is 0 Å². The smallest absolute Gasteiger partial charge is 0.234 e. The average Bonchev–Trinajstić information content (AvgIpc) is 2.16. The van der Waals surface area contributed by atoms with Crippen molar-refractivity contribution >= 4 is 11.8 Å². The predicted molar refractivity (Wildman–Crippen MR) is 62.0 cm³/mol. The fraction of sp³-hybridized carbons (Fsp3) is 0.818. The van der Waals surface area contributed by atoms with Crippen LogP contribution in [-0.4, -0.2) is 48.4 Å². The van der Waals surface area contributed by atoms with Crippen LogP contribution in [0.25, 0.3) is 0 Å². The molecule has 5 heteroatoms. The first kappa shape index (κ1) is 13.0. The molecule has 0 aliphatic carbocycles. The molecule has 1 saturated heterocycles. The number of rotatable bonds is 4. The Balaban J connectivity index is 2.36. The molecule has 0 radical (unpaired) electrons. The van der Waals surface area contributed by atoms with Crippen LogP contribution in [0.1, 0.15) is 27.2 Å². The van der Waals surface area contributed by atoms with E-state index in [2.05, 4.69) is 10.6 Å². The minimum absolute atomic E-state index is 0.00574. The summed E-state index contributed by atoms with van der Waals surface area (Å²) in [5, 5.41) is 5.69. The molecule has 1 heterocycles. The molecule has 2 N–H and O–H groups in total. The predicted octanol–water partition coefficient (Wildman–Crippen LogP) is -0.277. The number of piperazine rings is 1. The third-order valence-electron chi connectivity index (χ3n) is 2.85. The third-order valence-corrected chi connectivity index (χ3v) is 2.85. The first-order valence-electron chi connectivity index (χ1n) is 5.73. The Morgan fingerprint density at radius 3 is 2.81 bits per heavy atom. The lowest BCUT2D eigenvalue weighted by atomic mass is 10.0. The van der Waals surface area contributed by atoms with Crippen molar-refractivity contribution in [1.82, 2.24) is 15.5 Å². The highest BCUT2D eigenvalue weighted by atomic mass is 16.2. The highest BCUT2D eigenvalue weighted by molar-refractivity contribution is 5.82. The van der Waals surface area contributed by atoms with E-state index in [1.165, 1.54) is 0 Å². The maximum atomic E-state index is 11.7. The van der Waals surface area contributed by atoms with Crippen LogP contribution in [-0.2, 0) is 9.59 Å². The summed E-state index contributed by atoms with van der Waals surface area (Å²) in [6.07, 6.45) is 0.888. The standard InChI is InChI=1S/C11H21N3O2/c1-4-11(2,3)13-10(16)8-14-6-5-12-9(15)7-14/h4-8H2,1-3H3,(H,12,15)(H,13,16). The second-order valence-corrected chi connectivity index (χ2v) is 4.85. The number of amides is 2. The van der Waals surface area contributed by atoms with Crippen molar-refractivity contribution in [2.45, 2.75) is 32.7 Å². The van der Waals surface area contributed by atoms with E-state index >= 15 is 0 Å². The molecule has 5 nitrogen and oxygen atoms in total. The van der Waals surface area contributed by atoms with Crippen molar-refractivity contribution in [2.75, 3.05) is 26.2 Å². The molecule has 1 aliphatic rings. The highest BCUT2D eigenvalue weighted by Crippen LogP contribution is 2.06. The monoisotopic (exact) mass is 227 g/mol. The van der Waals surface area contributed by atoms with Gasteiger partial charge in [-0.15, -0.1) is 0 Å². The number of hydrogen-bond donors (Lipinski definition) is 2. The zero-order valence-corrected chi connectivity index (χ0v) is 10.3. The number of nitrogens with one attached hydrogen (secondary N) is 2. The molecular formula is C11H21N3O2. The van der Waals surface area contributed by atoms with E-state index in [1.54, 1.807) is 0 Å². The third kappa shape index (κ3) is 4.18. The lowest BCUT2D eigenvalue weighted by Crippen LogP contribution is -2.53. The van der Waals surface area contributed by atoms with Gasteiger partial charge in [0, 0.05) is 18.6 Å². The van der Waals surface area contributed by atoms with Crippen LogP contribution < -0.4 is 10.6 Å². The zero-order chi connectivity index (χ0) is 12.2. The Morgan fingerprint density at radius 1 is 1.56 bits per heavy atom. The van der Waals surface area contributed by atoms with Gasteiger partial charge in [-0.2, -0.15) is 0 Å². The number of nitrogens with zero attached hydrogens (tertiary/aromatic N) is 1. The molecule has 0 aromatic heterocycles. The lowest BCUT2D eigenvalue weighted by molar-refractivity contribution is -0.127. The van der Waals surface area contributed by atoms with Gasteiger partial charge in [-0.25, -0.2) is 0 Å². The quantitative estimate of drug-likeness (QED) is 0.694. The summed E-state index contributed by atoms with van der Waals surface area (Å²) in [6.45, 7) is 8.02. The number of carbonyl (C=O) groups excluding carboxylic acids is 2. The summed E-state index contributed by atoms with van der Waals surface area (Å²) in [7, 11) is 0. The highest BCUT2D eigenvalue weighted by Gasteiger charge is 2.22. The van der Waals surface area contributed by atoms with E-state index in [9.17, 15) is 9.59 Å². The molecule has 0 unspecified atom stereocenters. The van der Waals surface area contributed by atoms with E-state index in [-0.39, 0.29) is 17.4 Å². The maximum absolute atomic E-state index is 11.7. The molecule has 1 fully saturated rings. The van der Waals surface area contributed by atoms with Gasteiger partial charge in [-0.1, -0.05) is 6.92 Å². The van der Waals surface area contributed by atoms with Crippen LogP contribution in [0.2, 0.25) is 0 Å². The summed E-state index contributed by atoms with van der Waals surface area (Å²) < 4.78 is 0. The summed E-state index contributed by atoms with van der Waals surface area (Å²) in [4.78, 5) is 24.7. The molecule has 0 atom stereocenters. The Bertz CT molecular complexity index is 276. The minimum Gasteiger partial charge on any atom is -0.354 e. The normalized spacial score (nSPS) is 18.1. The van der Waals surface area contributed by atoms with E-state index in [4.69, 9.17) is 0 Å². The summed E-state index contributed by atoms with van der Waals surface area (Å²) in [5.41, 5.74) is -0.171. The summed E-state index contributed by atoms with van der Waals surface area (Å²) in [6, 6.07) is 0. The Hall–Kier alpha value is -1.10. The molecule has 1 rings (SSSR count). The zero-order valence-electron chi connectivity index (χ0n) is 10.3. The second-order valence-electron chi connectivity index (χ2n) is 4.85. The first-order valence-corrected chi connectivity index (χ1v) is 5.73. The van der Waals surface area contributed by atoms with Crippen molar-refractivity contribution in [3.05, 3.63) is 0 Å². The van der Waals surface area contributed by atoms with Gasteiger partial charge in [0.15, 0.2) is 0 Å². The van der Waals surface area contributed by atoms with E-state index < -0.39 is 0 Å². The average molecular weight is 227 g/mol. The van der Waals surface area contributed by atoms with Gasteiger partial charge < -0.3 is 10.6 Å². The van der Waals surface area contributed by atoms with Crippen molar-refractivity contribution in [3.8, 4) is 0 Å². The fourth-order valence-electron chi connectivity index (χ4n) is 1.53. The van der Waals surface area contributed by atoms with E-state index in [1.807, 2.05) is 25.7 Å². The molecule has 0 saturated carbocycles. The van der Waals surface area contributed by atoms with Gasteiger partial charge in [0.1, 0.15) is 0 Å². The molecule has 1 aliphatic heterocycles. The Labute approximate surface area is 96.6 Å². The van der Waals surface area contributed by atoms with Crippen LogP contribution >= 0.6 is 0 Å². The van der Waals surface area contributed by atoms with Gasteiger partial charge in [0.2, 0.25) is 11.8 Å². The first-order chi connectivity index (χ1) is 7.43. The van der Waals surface area contributed by atoms with Gasteiger partial charge in [0.25, 0.3) is 0 Å². The van der Waals surface area contributed by atoms with Gasteiger partial charge in [-0.05, 0) is 20.3 Å². The van der Waals surface area contributed by atoms with Crippen LogP contribution in [0.5, 0.6) is 0 Å². The van der Waals surface area contributed by atoms with Gasteiger partial charge in [0.05, 0.1) is 13.1 Å². The summed E-state index contributed by atoms with van der Waals surface area (Å²) >= 11 is 0. The molecular weight excluding hydrogens is 206 g/mol. The van der Waals surface area contributed by atoms with Crippen LogP contribution in [0, 0.1) is 0 Å². The molecule has 0 spiro atoms. The molecule has 0 bridgehead atoms. The molecule has 0 aromatic rings. The van der Waals surface area contributed by atoms with Crippen LogP contribution in [0.4, 0.5) is 0 Å². The van der Waals surface area contributed by atoms with Crippen molar-refractivity contribution in [3.63, 3.8) is 0 Å². The van der Waals surface area contributed by atoms with Crippen molar-refractivity contribution < 1.29 is 9.59 Å². The summed E-state index contributed by atoms with van der Waals surface area (Å²) in [5.74, 6) is -0.0182. The molecule has 16 heavy (non-hydrogen) atoms. The molecule has 0 aromatic carbocycles. The van der Waals surface area contributed by atoms with Gasteiger partial charge in [-0.3, -0.25) is 14.5 Å². The minimum atomic E-state index is -0.171. The number of hydrogen-bond acceptors (Lipinski definition) is 3. The fourth-order valence-corrected chi connectivity index (χ4v) is 1.53. The molecule has 2 amide bonds. The van der Waals surface area contributed by atoms with Gasteiger partial charge >= 0.3 is 0 Å².